The minimum absolute atomic E-state index is 0.0814. The molecule has 2 aromatic carbocycles. The molecular weight excluding hydrogens is 444 g/mol. The van der Waals surface area contributed by atoms with Crippen molar-refractivity contribution in [3.63, 3.8) is 0 Å². The Balaban J connectivity index is 2.25. The first-order chi connectivity index (χ1) is 13.5. The number of carbonyl (C=O) groups is 1. The third-order valence-corrected chi connectivity index (χ3v) is 4.91. The van der Waals surface area contributed by atoms with E-state index in [0.717, 1.165) is 5.56 Å². The van der Waals surface area contributed by atoms with Crippen LogP contribution in [0, 0.1) is 0 Å². The minimum atomic E-state index is -0.727. The summed E-state index contributed by atoms with van der Waals surface area (Å²) in [5.74, 6) is -0.311. The van der Waals surface area contributed by atoms with Crippen molar-refractivity contribution < 1.29 is 19.4 Å². The molecule has 0 aromatic heterocycles. The molecule has 1 atom stereocenters. The standard InChI is InChI=1S/C20H19BrN2O4S/c1-3-27-19(25)15-16(11-7-5-4-6-8-11)22-20(28)23-17(15)13-9-12(21)10-14(26-2)18(13)24/h4-10,17,24H,3H2,1-2H3,(H2,22,23,28)/t17-/m1/s1. The predicted molar refractivity (Wildman–Crippen MR) is 114 cm³/mol. The first-order valence-electron chi connectivity index (χ1n) is 8.56. The summed E-state index contributed by atoms with van der Waals surface area (Å²) in [7, 11) is 1.46. The van der Waals surface area contributed by atoms with Gasteiger partial charge in [-0.25, -0.2) is 4.79 Å². The van der Waals surface area contributed by atoms with Crippen LogP contribution in [-0.4, -0.2) is 29.9 Å². The fourth-order valence-electron chi connectivity index (χ4n) is 3.03. The van der Waals surface area contributed by atoms with Crippen LogP contribution >= 0.6 is 28.1 Å². The quantitative estimate of drug-likeness (QED) is 0.462. The number of esters is 1. The highest BCUT2D eigenvalue weighted by Gasteiger charge is 2.35. The van der Waals surface area contributed by atoms with Gasteiger partial charge >= 0.3 is 5.97 Å². The Hall–Kier alpha value is -2.58. The van der Waals surface area contributed by atoms with E-state index in [1.54, 1.807) is 19.1 Å². The first kappa shape index (κ1) is 20.2. The summed E-state index contributed by atoms with van der Waals surface area (Å²) in [6.45, 7) is 1.96. The fourth-order valence-corrected chi connectivity index (χ4v) is 3.70. The minimum Gasteiger partial charge on any atom is -0.504 e. The smallest absolute Gasteiger partial charge is 0.338 e. The molecule has 146 valence electrons. The van der Waals surface area contributed by atoms with Crippen molar-refractivity contribution in [1.82, 2.24) is 10.6 Å². The van der Waals surface area contributed by atoms with Crippen LogP contribution in [-0.2, 0) is 9.53 Å². The number of phenolic OH excluding ortho intramolecular Hbond substituents is 1. The number of aromatic hydroxyl groups is 1. The molecule has 0 saturated carbocycles. The van der Waals surface area contributed by atoms with E-state index in [1.807, 2.05) is 30.3 Å². The SMILES string of the molecule is CCOC(=O)C1=C(c2ccccc2)NC(=S)N[C@@H]1c1cc(Br)cc(OC)c1O. The summed E-state index contributed by atoms with van der Waals surface area (Å²) >= 11 is 8.79. The maximum absolute atomic E-state index is 12.9. The molecule has 8 heteroatoms. The van der Waals surface area contributed by atoms with E-state index in [1.165, 1.54) is 7.11 Å². The molecule has 3 rings (SSSR count). The molecule has 0 bridgehead atoms. The zero-order valence-electron chi connectivity index (χ0n) is 15.3. The number of rotatable bonds is 5. The topological polar surface area (TPSA) is 79.8 Å². The van der Waals surface area contributed by atoms with Crippen LogP contribution in [0.1, 0.15) is 24.1 Å². The molecule has 1 heterocycles. The summed E-state index contributed by atoms with van der Waals surface area (Å²) in [5, 5.41) is 17.2. The van der Waals surface area contributed by atoms with Crippen LogP contribution in [0.3, 0.4) is 0 Å². The monoisotopic (exact) mass is 462 g/mol. The van der Waals surface area contributed by atoms with Gasteiger partial charge in [-0.05, 0) is 36.8 Å². The Bertz CT molecular complexity index is 947. The molecule has 0 radical (unpaired) electrons. The van der Waals surface area contributed by atoms with Gasteiger partial charge in [0.2, 0.25) is 0 Å². The van der Waals surface area contributed by atoms with E-state index in [2.05, 4.69) is 26.6 Å². The van der Waals surface area contributed by atoms with Crippen molar-refractivity contribution >= 4 is 44.9 Å². The molecule has 0 fully saturated rings. The summed E-state index contributed by atoms with van der Waals surface area (Å²) in [6, 6.07) is 12.0. The molecule has 0 spiro atoms. The average Bonchev–Trinajstić information content (AvgIpc) is 2.69. The number of phenols is 1. The second kappa shape index (κ2) is 8.62. The second-order valence-corrected chi connectivity index (χ2v) is 7.28. The molecule has 1 aliphatic rings. The van der Waals surface area contributed by atoms with Gasteiger partial charge < -0.3 is 25.2 Å². The molecule has 0 aliphatic carbocycles. The van der Waals surface area contributed by atoms with Crippen LogP contribution in [0.25, 0.3) is 5.70 Å². The van der Waals surface area contributed by atoms with Gasteiger partial charge in [0, 0.05) is 10.0 Å². The number of hydrogen-bond acceptors (Lipinski definition) is 5. The zero-order valence-corrected chi connectivity index (χ0v) is 17.7. The van der Waals surface area contributed by atoms with Crippen LogP contribution < -0.4 is 15.4 Å². The molecule has 0 saturated heterocycles. The summed E-state index contributed by atoms with van der Waals surface area (Å²) in [5.41, 5.74) is 2.07. The molecule has 0 amide bonds. The molecule has 3 N–H and O–H groups in total. The van der Waals surface area contributed by atoms with Gasteiger partial charge in [-0.3, -0.25) is 0 Å². The Labute approximate surface area is 176 Å². The van der Waals surface area contributed by atoms with E-state index in [9.17, 15) is 9.90 Å². The molecule has 2 aromatic rings. The number of hydrogen-bond donors (Lipinski definition) is 3. The van der Waals surface area contributed by atoms with Crippen molar-refractivity contribution in [2.24, 2.45) is 0 Å². The first-order valence-corrected chi connectivity index (χ1v) is 9.77. The van der Waals surface area contributed by atoms with Gasteiger partial charge in [0.05, 0.1) is 31.0 Å². The number of nitrogens with one attached hydrogen (secondary N) is 2. The lowest BCUT2D eigenvalue weighted by Gasteiger charge is -2.31. The van der Waals surface area contributed by atoms with Crippen LogP contribution in [0.4, 0.5) is 0 Å². The van der Waals surface area contributed by atoms with Gasteiger partial charge in [0.1, 0.15) is 0 Å². The Morgan fingerprint density at radius 2 is 2.00 bits per heavy atom. The number of thiocarbonyl (C=S) groups is 1. The second-order valence-electron chi connectivity index (χ2n) is 5.95. The number of methoxy groups -OCH3 is 1. The van der Waals surface area contributed by atoms with E-state index in [-0.39, 0.29) is 18.1 Å². The number of benzene rings is 2. The summed E-state index contributed by atoms with van der Waals surface area (Å²) in [4.78, 5) is 12.9. The van der Waals surface area contributed by atoms with Gasteiger partial charge in [-0.15, -0.1) is 0 Å². The van der Waals surface area contributed by atoms with Crippen molar-refractivity contribution in [2.75, 3.05) is 13.7 Å². The van der Waals surface area contributed by atoms with E-state index >= 15 is 0 Å². The highest BCUT2D eigenvalue weighted by Crippen LogP contribution is 2.41. The maximum atomic E-state index is 12.9. The third-order valence-electron chi connectivity index (χ3n) is 4.23. The predicted octanol–water partition coefficient (Wildman–Crippen LogP) is 3.66. The van der Waals surface area contributed by atoms with Crippen LogP contribution in [0.2, 0.25) is 0 Å². The lowest BCUT2D eigenvalue weighted by molar-refractivity contribution is -0.138. The van der Waals surface area contributed by atoms with Crippen molar-refractivity contribution in [2.45, 2.75) is 13.0 Å². The van der Waals surface area contributed by atoms with Crippen molar-refractivity contribution in [3.05, 3.63) is 63.6 Å². The van der Waals surface area contributed by atoms with Gasteiger partial charge in [0.15, 0.2) is 16.6 Å². The van der Waals surface area contributed by atoms with Crippen molar-refractivity contribution in [1.29, 1.82) is 0 Å². The number of carbonyl (C=O) groups excluding carboxylic acids is 1. The lowest BCUT2D eigenvalue weighted by Crippen LogP contribution is -2.45. The zero-order chi connectivity index (χ0) is 20.3. The van der Waals surface area contributed by atoms with Crippen LogP contribution in [0.15, 0.2) is 52.5 Å². The molecule has 1 aliphatic heterocycles. The summed E-state index contributed by atoms with van der Waals surface area (Å²) < 4.78 is 11.2. The number of ether oxygens (including phenoxy) is 2. The molecule has 28 heavy (non-hydrogen) atoms. The Morgan fingerprint density at radius 1 is 1.29 bits per heavy atom. The molecule has 6 nitrogen and oxygen atoms in total. The van der Waals surface area contributed by atoms with Gasteiger partial charge in [-0.1, -0.05) is 46.3 Å². The maximum Gasteiger partial charge on any atom is 0.338 e. The van der Waals surface area contributed by atoms with E-state index in [0.29, 0.717) is 26.4 Å². The molecular formula is C20H19BrN2O4S. The fraction of sp³-hybridized carbons (Fsp3) is 0.200. The van der Waals surface area contributed by atoms with E-state index < -0.39 is 12.0 Å². The highest BCUT2D eigenvalue weighted by molar-refractivity contribution is 9.10. The van der Waals surface area contributed by atoms with Gasteiger partial charge in [-0.2, -0.15) is 0 Å². The van der Waals surface area contributed by atoms with Gasteiger partial charge in [0.25, 0.3) is 0 Å². The third kappa shape index (κ3) is 3.98. The normalized spacial score (nSPS) is 16.2. The Kier molecular flexibility index (Phi) is 6.21. The highest BCUT2D eigenvalue weighted by atomic mass is 79.9. The molecule has 0 unspecified atom stereocenters. The average molecular weight is 463 g/mol. The Morgan fingerprint density at radius 3 is 2.64 bits per heavy atom. The lowest BCUT2D eigenvalue weighted by atomic mass is 9.92. The largest absolute Gasteiger partial charge is 0.504 e. The van der Waals surface area contributed by atoms with Crippen molar-refractivity contribution in [3.8, 4) is 11.5 Å². The van der Waals surface area contributed by atoms with Crippen LogP contribution in [0.5, 0.6) is 11.5 Å². The number of halogens is 1. The summed E-state index contributed by atoms with van der Waals surface area (Å²) in [6.07, 6.45) is 0. The van der Waals surface area contributed by atoms with E-state index in [4.69, 9.17) is 21.7 Å².